The van der Waals surface area contributed by atoms with Gasteiger partial charge in [0, 0.05) is 31.1 Å². The molecule has 6 heteroatoms. The van der Waals surface area contributed by atoms with Gasteiger partial charge >= 0.3 is 0 Å². The summed E-state index contributed by atoms with van der Waals surface area (Å²) in [6.07, 6.45) is 2.70. The summed E-state index contributed by atoms with van der Waals surface area (Å²) in [5, 5.41) is 1.13. The first kappa shape index (κ1) is 16.2. The molecular formula is C19H20N4OS. The van der Waals surface area contributed by atoms with Gasteiger partial charge in [0.2, 0.25) is 0 Å². The number of nitrogens with zero attached hydrogens (tertiary/aromatic N) is 4. The number of anilines is 1. The van der Waals surface area contributed by atoms with Gasteiger partial charge in [0.15, 0.2) is 0 Å². The predicted octanol–water partition coefficient (Wildman–Crippen LogP) is 3.06. The van der Waals surface area contributed by atoms with Gasteiger partial charge in [-0.25, -0.2) is 9.97 Å². The van der Waals surface area contributed by atoms with E-state index in [-0.39, 0.29) is 6.04 Å². The van der Waals surface area contributed by atoms with Gasteiger partial charge in [-0.1, -0.05) is 30.3 Å². The number of aromatic nitrogens is 2. The number of carbonyl (C=O) groups is 1. The molecule has 3 heterocycles. The summed E-state index contributed by atoms with van der Waals surface area (Å²) in [6.45, 7) is 5.50. The highest BCUT2D eigenvalue weighted by Crippen LogP contribution is 2.31. The first-order valence-electron chi connectivity index (χ1n) is 8.46. The van der Waals surface area contributed by atoms with Crippen LogP contribution in [0.1, 0.15) is 16.5 Å². The van der Waals surface area contributed by atoms with Crippen molar-refractivity contribution < 1.29 is 4.79 Å². The van der Waals surface area contributed by atoms with E-state index in [1.54, 1.807) is 17.7 Å². The molecule has 0 aliphatic carbocycles. The number of aryl methyl sites for hydroxylation is 1. The minimum atomic E-state index is -0.169. The molecule has 25 heavy (non-hydrogen) atoms. The summed E-state index contributed by atoms with van der Waals surface area (Å²) in [4.78, 5) is 27.4. The molecule has 4 rings (SSSR count). The Labute approximate surface area is 150 Å². The van der Waals surface area contributed by atoms with Crippen molar-refractivity contribution in [3.63, 3.8) is 0 Å². The highest BCUT2D eigenvalue weighted by molar-refractivity contribution is 7.18. The largest absolute Gasteiger partial charge is 0.353 e. The summed E-state index contributed by atoms with van der Waals surface area (Å²) >= 11 is 1.70. The number of aldehydes is 1. The predicted molar refractivity (Wildman–Crippen MR) is 101 cm³/mol. The fraction of sp³-hybridized carbons (Fsp3) is 0.316. The number of rotatable bonds is 4. The third-order valence-corrected chi connectivity index (χ3v) is 5.67. The van der Waals surface area contributed by atoms with Crippen molar-refractivity contribution in [3.8, 4) is 0 Å². The fourth-order valence-corrected chi connectivity index (χ4v) is 4.29. The van der Waals surface area contributed by atoms with Crippen molar-refractivity contribution in [2.75, 3.05) is 31.1 Å². The third-order valence-electron chi connectivity index (χ3n) is 4.71. The third kappa shape index (κ3) is 3.15. The van der Waals surface area contributed by atoms with E-state index in [4.69, 9.17) is 0 Å². The molecule has 0 saturated carbocycles. The van der Waals surface area contributed by atoms with Crippen LogP contribution in [0.2, 0.25) is 0 Å². The van der Waals surface area contributed by atoms with Crippen molar-refractivity contribution in [3.05, 3.63) is 53.2 Å². The van der Waals surface area contributed by atoms with Crippen LogP contribution < -0.4 is 4.90 Å². The van der Waals surface area contributed by atoms with E-state index in [2.05, 4.69) is 32.8 Å². The standard InChI is InChI=1S/C19H20N4OS/c1-14-11-16-18(20-13-21-19(16)25-14)23-9-7-22(8-10-23)17(12-24)15-5-3-2-4-6-15/h2-6,11-13,17H,7-10H2,1H3. The second-order valence-corrected chi connectivity index (χ2v) is 7.52. The molecule has 1 aliphatic rings. The molecule has 0 spiro atoms. The molecule has 0 bridgehead atoms. The monoisotopic (exact) mass is 352 g/mol. The van der Waals surface area contributed by atoms with Crippen LogP contribution in [0, 0.1) is 6.92 Å². The van der Waals surface area contributed by atoms with Crippen LogP contribution in [0.4, 0.5) is 5.82 Å². The first-order valence-corrected chi connectivity index (χ1v) is 9.28. The number of fused-ring (bicyclic) bond motifs is 1. The number of hydrogen-bond donors (Lipinski definition) is 0. The number of thiophene rings is 1. The van der Waals surface area contributed by atoms with E-state index in [0.29, 0.717) is 0 Å². The Bertz CT molecular complexity index is 872. The summed E-state index contributed by atoms with van der Waals surface area (Å²) < 4.78 is 0. The fourth-order valence-electron chi connectivity index (χ4n) is 3.45. The van der Waals surface area contributed by atoms with Crippen LogP contribution in [0.3, 0.4) is 0 Å². The lowest BCUT2D eigenvalue weighted by Crippen LogP contribution is -2.48. The molecule has 5 nitrogen and oxygen atoms in total. The van der Waals surface area contributed by atoms with Crippen molar-refractivity contribution in [1.82, 2.24) is 14.9 Å². The minimum Gasteiger partial charge on any atom is -0.353 e. The van der Waals surface area contributed by atoms with Crippen LogP contribution in [0.25, 0.3) is 10.2 Å². The lowest BCUT2D eigenvalue weighted by atomic mass is 10.1. The van der Waals surface area contributed by atoms with Crippen LogP contribution in [-0.2, 0) is 4.79 Å². The molecule has 0 radical (unpaired) electrons. The van der Waals surface area contributed by atoms with Gasteiger partial charge in [-0.15, -0.1) is 11.3 Å². The maximum Gasteiger partial charge on any atom is 0.141 e. The normalized spacial score (nSPS) is 16.9. The smallest absolute Gasteiger partial charge is 0.141 e. The molecule has 1 fully saturated rings. The maximum absolute atomic E-state index is 11.7. The Morgan fingerprint density at radius 1 is 1.12 bits per heavy atom. The van der Waals surface area contributed by atoms with Gasteiger partial charge in [0.1, 0.15) is 23.3 Å². The van der Waals surface area contributed by atoms with Gasteiger partial charge < -0.3 is 9.69 Å². The van der Waals surface area contributed by atoms with Gasteiger partial charge in [-0.05, 0) is 18.6 Å². The average molecular weight is 352 g/mol. The van der Waals surface area contributed by atoms with Gasteiger partial charge in [0.25, 0.3) is 0 Å². The van der Waals surface area contributed by atoms with Crippen molar-refractivity contribution in [2.24, 2.45) is 0 Å². The average Bonchev–Trinajstić information content (AvgIpc) is 3.04. The lowest BCUT2D eigenvalue weighted by Gasteiger charge is -2.38. The van der Waals surface area contributed by atoms with E-state index in [1.807, 2.05) is 30.3 Å². The Morgan fingerprint density at radius 3 is 2.60 bits per heavy atom. The lowest BCUT2D eigenvalue weighted by molar-refractivity contribution is -0.112. The Balaban J connectivity index is 1.52. The first-order chi connectivity index (χ1) is 12.3. The molecule has 128 valence electrons. The van der Waals surface area contributed by atoms with Gasteiger partial charge in [-0.3, -0.25) is 4.90 Å². The van der Waals surface area contributed by atoms with E-state index in [0.717, 1.165) is 54.1 Å². The second-order valence-electron chi connectivity index (χ2n) is 6.29. The minimum absolute atomic E-state index is 0.169. The van der Waals surface area contributed by atoms with Crippen LogP contribution in [0.5, 0.6) is 0 Å². The zero-order valence-corrected chi connectivity index (χ0v) is 14.9. The van der Waals surface area contributed by atoms with Crippen LogP contribution in [-0.4, -0.2) is 47.3 Å². The van der Waals surface area contributed by atoms with E-state index in [9.17, 15) is 4.79 Å². The number of carbonyl (C=O) groups excluding carboxylic acids is 1. The molecule has 2 aromatic heterocycles. The molecule has 1 aromatic carbocycles. The molecule has 1 atom stereocenters. The summed E-state index contributed by atoms with van der Waals surface area (Å²) in [5.74, 6) is 1.01. The molecular weight excluding hydrogens is 332 g/mol. The molecule has 1 unspecified atom stereocenters. The van der Waals surface area contributed by atoms with Crippen molar-refractivity contribution in [1.29, 1.82) is 0 Å². The molecule has 0 amide bonds. The van der Waals surface area contributed by atoms with Gasteiger partial charge in [0.05, 0.1) is 11.4 Å². The molecule has 3 aromatic rings. The molecule has 1 saturated heterocycles. The van der Waals surface area contributed by atoms with Crippen molar-refractivity contribution >= 4 is 33.7 Å². The number of piperazine rings is 1. The Hall–Kier alpha value is -2.31. The Kier molecular flexibility index (Phi) is 4.46. The second kappa shape index (κ2) is 6.90. The maximum atomic E-state index is 11.7. The Morgan fingerprint density at radius 2 is 1.88 bits per heavy atom. The molecule has 1 aliphatic heterocycles. The SMILES string of the molecule is Cc1cc2c(N3CCN(C(C=O)c4ccccc4)CC3)ncnc2s1. The summed E-state index contributed by atoms with van der Waals surface area (Å²) in [6, 6.07) is 12.0. The topological polar surface area (TPSA) is 49.3 Å². The highest BCUT2D eigenvalue weighted by atomic mass is 32.1. The van der Waals surface area contributed by atoms with Crippen LogP contribution in [0.15, 0.2) is 42.7 Å². The van der Waals surface area contributed by atoms with E-state index in [1.165, 1.54) is 4.88 Å². The highest BCUT2D eigenvalue weighted by Gasteiger charge is 2.26. The number of hydrogen-bond acceptors (Lipinski definition) is 6. The zero-order chi connectivity index (χ0) is 17.2. The van der Waals surface area contributed by atoms with Crippen LogP contribution >= 0.6 is 11.3 Å². The molecule has 0 N–H and O–H groups in total. The van der Waals surface area contributed by atoms with Gasteiger partial charge in [-0.2, -0.15) is 0 Å². The van der Waals surface area contributed by atoms with E-state index < -0.39 is 0 Å². The quantitative estimate of drug-likeness (QED) is 0.676. The van der Waals surface area contributed by atoms with E-state index >= 15 is 0 Å². The summed E-state index contributed by atoms with van der Waals surface area (Å²) in [7, 11) is 0. The zero-order valence-electron chi connectivity index (χ0n) is 14.1. The summed E-state index contributed by atoms with van der Waals surface area (Å²) in [5.41, 5.74) is 1.06. The number of benzene rings is 1. The van der Waals surface area contributed by atoms with Crippen molar-refractivity contribution in [2.45, 2.75) is 13.0 Å².